The Labute approximate surface area is 126 Å². The normalized spacial score (nSPS) is 29.1. The van der Waals surface area contributed by atoms with E-state index in [1.165, 1.54) is 0 Å². The molecule has 0 aromatic heterocycles. The molecule has 0 saturated heterocycles. The highest BCUT2D eigenvalue weighted by molar-refractivity contribution is 5.88. The van der Waals surface area contributed by atoms with Crippen molar-refractivity contribution in [3.8, 4) is 0 Å². The van der Waals surface area contributed by atoms with Gasteiger partial charge in [-0.25, -0.2) is 0 Å². The smallest absolute Gasteiger partial charge is 0.224 e. The lowest BCUT2D eigenvalue weighted by Crippen LogP contribution is -2.44. The van der Waals surface area contributed by atoms with Gasteiger partial charge in [0.15, 0.2) is 0 Å². The molecule has 3 rings (SSSR count). The molecular formula is C17H24N2O2. The number of amides is 2. The topological polar surface area (TPSA) is 58.2 Å². The van der Waals surface area contributed by atoms with E-state index < -0.39 is 0 Å². The molecule has 0 radical (unpaired) electrons. The Morgan fingerprint density at radius 1 is 0.714 bits per heavy atom. The second-order valence-corrected chi connectivity index (χ2v) is 6.44. The Bertz CT molecular complexity index is 411. The number of carbonyl (C=O) groups is 2. The molecule has 1 saturated carbocycles. The van der Waals surface area contributed by atoms with Gasteiger partial charge in [0, 0.05) is 23.9 Å². The first-order valence-corrected chi connectivity index (χ1v) is 8.15. The van der Waals surface area contributed by atoms with Crippen LogP contribution in [0.15, 0.2) is 24.3 Å². The van der Waals surface area contributed by atoms with E-state index in [0.717, 1.165) is 44.9 Å². The quantitative estimate of drug-likeness (QED) is 0.778. The molecule has 4 heteroatoms. The van der Waals surface area contributed by atoms with Gasteiger partial charge in [-0.2, -0.15) is 0 Å². The van der Waals surface area contributed by atoms with Gasteiger partial charge in [0.05, 0.1) is 0 Å². The van der Waals surface area contributed by atoms with Gasteiger partial charge in [0.2, 0.25) is 11.8 Å². The fourth-order valence-electron chi connectivity index (χ4n) is 3.67. The summed E-state index contributed by atoms with van der Waals surface area (Å²) < 4.78 is 0. The number of carbonyl (C=O) groups excluding carboxylic acids is 2. The van der Waals surface area contributed by atoms with E-state index in [9.17, 15) is 9.59 Å². The van der Waals surface area contributed by atoms with Crippen molar-refractivity contribution < 1.29 is 9.59 Å². The Morgan fingerprint density at radius 3 is 1.48 bits per heavy atom. The average Bonchev–Trinajstić information content (AvgIpc) is 3.20. The molecule has 0 aliphatic heterocycles. The zero-order valence-electron chi connectivity index (χ0n) is 12.4. The number of rotatable bonds is 4. The molecule has 2 amide bonds. The molecule has 0 aromatic rings. The lowest BCUT2D eigenvalue weighted by Gasteiger charge is -2.22. The largest absolute Gasteiger partial charge is 0.352 e. The molecule has 0 unspecified atom stereocenters. The third-order valence-electron chi connectivity index (χ3n) is 4.90. The summed E-state index contributed by atoms with van der Waals surface area (Å²) >= 11 is 0. The van der Waals surface area contributed by atoms with Gasteiger partial charge in [-0.05, 0) is 38.5 Å². The molecule has 3 aliphatic carbocycles. The van der Waals surface area contributed by atoms with Gasteiger partial charge >= 0.3 is 0 Å². The SMILES string of the molecule is O=C(NC1CC=CC1)[C@@H]1CCC[C@H]1C(=O)NC1CC=CC1. The van der Waals surface area contributed by atoms with E-state index in [0.29, 0.717) is 0 Å². The van der Waals surface area contributed by atoms with Gasteiger partial charge in [-0.15, -0.1) is 0 Å². The minimum atomic E-state index is -0.139. The highest BCUT2D eigenvalue weighted by atomic mass is 16.2. The standard InChI is InChI=1S/C17H24N2O2/c20-16(18-12-6-1-2-7-12)14-10-5-11-15(14)17(21)19-13-8-3-4-9-13/h1-4,12-15H,5-11H2,(H,18,20)(H,19,21)/t14-,15-/m1/s1. The third kappa shape index (κ3) is 3.36. The molecular weight excluding hydrogens is 264 g/mol. The van der Waals surface area contributed by atoms with Crippen LogP contribution in [0.1, 0.15) is 44.9 Å². The summed E-state index contributed by atoms with van der Waals surface area (Å²) in [7, 11) is 0. The second-order valence-electron chi connectivity index (χ2n) is 6.44. The van der Waals surface area contributed by atoms with Crippen LogP contribution in [0.2, 0.25) is 0 Å². The Morgan fingerprint density at radius 2 is 1.10 bits per heavy atom. The van der Waals surface area contributed by atoms with E-state index in [4.69, 9.17) is 0 Å². The monoisotopic (exact) mass is 288 g/mol. The summed E-state index contributed by atoms with van der Waals surface area (Å²) in [5, 5.41) is 6.21. The minimum Gasteiger partial charge on any atom is -0.352 e. The van der Waals surface area contributed by atoms with Crippen molar-refractivity contribution in [2.24, 2.45) is 11.8 Å². The van der Waals surface area contributed by atoms with Crippen LogP contribution in [0.25, 0.3) is 0 Å². The van der Waals surface area contributed by atoms with Crippen LogP contribution in [0.5, 0.6) is 0 Å². The van der Waals surface area contributed by atoms with E-state index in [-0.39, 0.29) is 35.7 Å². The summed E-state index contributed by atoms with van der Waals surface area (Å²) in [6, 6.07) is 0.474. The van der Waals surface area contributed by atoms with Crippen molar-refractivity contribution in [3.63, 3.8) is 0 Å². The van der Waals surface area contributed by atoms with Crippen LogP contribution in [0.3, 0.4) is 0 Å². The van der Waals surface area contributed by atoms with Gasteiger partial charge in [-0.3, -0.25) is 9.59 Å². The lowest BCUT2D eigenvalue weighted by atomic mass is 9.93. The molecule has 4 nitrogen and oxygen atoms in total. The molecule has 0 bridgehead atoms. The van der Waals surface area contributed by atoms with Gasteiger partial charge in [-0.1, -0.05) is 30.7 Å². The molecule has 0 spiro atoms. The molecule has 2 atom stereocenters. The van der Waals surface area contributed by atoms with Crippen LogP contribution in [-0.2, 0) is 9.59 Å². The first-order valence-electron chi connectivity index (χ1n) is 8.15. The maximum absolute atomic E-state index is 12.4. The van der Waals surface area contributed by atoms with Crippen LogP contribution in [-0.4, -0.2) is 23.9 Å². The highest BCUT2D eigenvalue weighted by Crippen LogP contribution is 2.33. The van der Waals surface area contributed by atoms with E-state index in [1.54, 1.807) is 0 Å². The predicted octanol–water partition coefficient (Wildman–Crippen LogP) is 2.07. The highest BCUT2D eigenvalue weighted by Gasteiger charge is 2.38. The predicted molar refractivity (Wildman–Crippen MR) is 81.4 cm³/mol. The van der Waals surface area contributed by atoms with E-state index in [1.807, 2.05) is 0 Å². The number of hydrogen-bond donors (Lipinski definition) is 2. The van der Waals surface area contributed by atoms with Crippen molar-refractivity contribution in [2.75, 3.05) is 0 Å². The summed E-state index contributed by atoms with van der Waals surface area (Å²) in [6.07, 6.45) is 14.8. The summed E-state index contributed by atoms with van der Waals surface area (Å²) in [5.41, 5.74) is 0. The van der Waals surface area contributed by atoms with Crippen molar-refractivity contribution in [3.05, 3.63) is 24.3 Å². The number of hydrogen-bond acceptors (Lipinski definition) is 2. The van der Waals surface area contributed by atoms with Crippen molar-refractivity contribution in [1.82, 2.24) is 10.6 Å². The van der Waals surface area contributed by atoms with Crippen molar-refractivity contribution >= 4 is 11.8 Å². The van der Waals surface area contributed by atoms with Crippen LogP contribution in [0.4, 0.5) is 0 Å². The second kappa shape index (κ2) is 6.46. The third-order valence-corrected chi connectivity index (χ3v) is 4.90. The fourth-order valence-corrected chi connectivity index (χ4v) is 3.67. The molecule has 0 heterocycles. The average molecular weight is 288 g/mol. The van der Waals surface area contributed by atoms with E-state index >= 15 is 0 Å². The summed E-state index contributed by atoms with van der Waals surface area (Å²) in [5.74, 6) is -0.128. The van der Waals surface area contributed by atoms with Crippen molar-refractivity contribution in [2.45, 2.75) is 57.0 Å². The zero-order valence-corrected chi connectivity index (χ0v) is 12.4. The lowest BCUT2D eigenvalue weighted by molar-refractivity contribution is -0.134. The van der Waals surface area contributed by atoms with Gasteiger partial charge in [0.1, 0.15) is 0 Å². The molecule has 21 heavy (non-hydrogen) atoms. The van der Waals surface area contributed by atoms with Crippen LogP contribution in [0, 0.1) is 11.8 Å². The first-order chi connectivity index (χ1) is 10.2. The first kappa shape index (κ1) is 14.4. The van der Waals surface area contributed by atoms with E-state index in [2.05, 4.69) is 34.9 Å². The Balaban J connectivity index is 1.53. The molecule has 2 N–H and O–H groups in total. The number of nitrogens with one attached hydrogen (secondary N) is 2. The molecule has 114 valence electrons. The molecule has 0 aromatic carbocycles. The van der Waals surface area contributed by atoms with Crippen molar-refractivity contribution in [1.29, 1.82) is 0 Å². The Kier molecular flexibility index (Phi) is 4.42. The zero-order chi connectivity index (χ0) is 14.7. The Hall–Kier alpha value is -1.58. The van der Waals surface area contributed by atoms with Crippen LogP contribution < -0.4 is 10.6 Å². The van der Waals surface area contributed by atoms with Crippen LogP contribution >= 0.6 is 0 Å². The van der Waals surface area contributed by atoms with Gasteiger partial charge < -0.3 is 10.6 Å². The fraction of sp³-hybridized carbons (Fsp3) is 0.647. The maximum atomic E-state index is 12.4. The minimum absolute atomic E-state index is 0.0749. The maximum Gasteiger partial charge on any atom is 0.224 e. The molecule has 3 aliphatic rings. The molecule has 1 fully saturated rings. The summed E-state index contributed by atoms with van der Waals surface area (Å²) in [6.45, 7) is 0. The van der Waals surface area contributed by atoms with Gasteiger partial charge in [0.25, 0.3) is 0 Å². The summed E-state index contributed by atoms with van der Waals surface area (Å²) in [4.78, 5) is 24.8.